The molecule has 0 aromatic carbocycles. The van der Waals surface area contributed by atoms with E-state index in [0.29, 0.717) is 0 Å². The highest BCUT2D eigenvalue weighted by Crippen LogP contribution is 2.11. The molecule has 0 spiro atoms. The fourth-order valence-corrected chi connectivity index (χ4v) is 0.447. The Bertz CT molecular complexity index is 178. The Labute approximate surface area is 79.3 Å². The molecule has 0 saturated heterocycles. The third kappa shape index (κ3) is 5.16. The molecule has 0 unspecified atom stereocenters. The average Bonchev–Trinajstić information content (AvgIpc) is 1.84. The van der Waals surface area contributed by atoms with Gasteiger partial charge >= 0.3 is 5.97 Å². The topological polar surface area (TPSA) is 49.3 Å². The van der Waals surface area contributed by atoms with E-state index in [2.05, 4.69) is 11.9 Å². The molecule has 0 saturated carbocycles. The van der Waals surface area contributed by atoms with Crippen molar-refractivity contribution in [2.24, 2.45) is 0 Å². The van der Waals surface area contributed by atoms with Gasteiger partial charge in [-0.25, -0.2) is 0 Å². The predicted octanol–water partition coefficient (Wildman–Crippen LogP) is 1.44. The summed E-state index contributed by atoms with van der Waals surface area (Å²) in [6.45, 7) is 9.39. The van der Waals surface area contributed by atoms with E-state index in [1.807, 2.05) is 20.8 Å². The van der Waals surface area contributed by atoms with Crippen LogP contribution in [-0.4, -0.2) is 23.2 Å². The maximum Gasteiger partial charge on any atom is 0.317 e. The molecule has 12 heavy (non-hydrogen) atoms. The fourth-order valence-electron chi connectivity index (χ4n) is 0.447. The zero-order chi connectivity index (χ0) is 9.07. The molecule has 0 fully saturated rings. The molecule has 0 heterocycles. The number of aliphatic carboxylic acids is 1. The molecule has 0 aliphatic heterocycles. The van der Waals surface area contributed by atoms with Crippen LogP contribution < -0.4 is 5.32 Å². The van der Waals surface area contributed by atoms with Crippen LogP contribution in [0.25, 0.3) is 0 Å². The number of hydrogen-bond acceptors (Lipinski definition) is 2. The number of carbonyl (C=O) groups is 1. The van der Waals surface area contributed by atoms with Gasteiger partial charge in [-0.05, 0) is 20.8 Å². The molecule has 0 radical (unpaired) electrons. The first-order valence-corrected chi connectivity index (χ1v) is 3.49. The maximum absolute atomic E-state index is 10.2. The summed E-state index contributed by atoms with van der Waals surface area (Å²) in [5, 5.41) is 11.2. The van der Waals surface area contributed by atoms with Crippen LogP contribution in [0, 0.1) is 0 Å². The first kappa shape index (κ1) is 14.0. The van der Waals surface area contributed by atoms with Gasteiger partial charge < -0.3 is 5.11 Å². The summed E-state index contributed by atoms with van der Waals surface area (Å²) >= 11 is 0. The van der Waals surface area contributed by atoms with Crippen LogP contribution >= 0.6 is 12.4 Å². The van der Waals surface area contributed by atoms with E-state index in [9.17, 15) is 4.79 Å². The molecule has 0 aromatic heterocycles. The third-order valence-corrected chi connectivity index (χ3v) is 1.75. The number of rotatable bonds is 4. The van der Waals surface area contributed by atoms with E-state index >= 15 is 0 Å². The van der Waals surface area contributed by atoms with Gasteiger partial charge in [0.2, 0.25) is 0 Å². The lowest BCUT2D eigenvalue weighted by atomic mass is 9.97. The van der Waals surface area contributed by atoms with Gasteiger partial charge in [-0.3, -0.25) is 10.1 Å². The monoisotopic (exact) mass is 193 g/mol. The average molecular weight is 194 g/mol. The van der Waals surface area contributed by atoms with Crippen molar-refractivity contribution >= 4 is 18.4 Å². The van der Waals surface area contributed by atoms with E-state index in [-0.39, 0.29) is 24.5 Å². The Kier molecular flexibility index (Phi) is 6.03. The predicted molar refractivity (Wildman–Crippen MR) is 51.8 cm³/mol. The summed E-state index contributed by atoms with van der Waals surface area (Å²) in [6, 6.07) is 0. The second-order valence-corrected chi connectivity index (χ2v) is 3.15. The smallest absolute Gasteiger partial charge is 0.317 e. The standard InChI is InChI=1S/C8H15NO2.ClH/c1-6(2)8(3,4)9-5-7(10)11;/h9H,1,5H2,2-4H3,(H,10,11);1H. The van der Waals surface area contributed by atoms with Crippen LogP contribution in [-0.2, 0) is 4.79 Å². The molecule has 4 heteroatoms. The third-order valence-electron chi connectivity index (χ3n) is 1.75. The van der Waals surface area contributed by atoms with Gasteiger partial charge in [-0.15, -0.1) is 12.4 Å². The van der Waals surface area contributed by atoms with Crippen LogP contribution in [0.2, 0.25) is 0 Å². The number of hydrogen-bond donors (Lipinski definition) is 2. The lowest BCUT2D eigenvalue weighted by Crippen LogP contribution is -2.42. The summed E-state index contributed by atoms with van der Waals surface area (Å²) in [6.07, 6.45) is 0. The molecule has 0 bridgehead atoms. The van der Waals surface area contributed by atoms with Crippen molar-refractivity contribution in [3.8, 4) is 0 Å². The van der Waals surface area contributed by atoms with Crippen LogP contribution in [0.3, 0.4) is 0 Å². The highest BCUT2D eigenvalue weighted by atomic mass is 35.5. The Balaban J connectivity index is 0. The molecule has 72 valence electrons. The van der Waals surface area contributed by atoms with Gasteiger partial charge in [-0.2, -0.15) is 0 Å². The summed E-state index contributed by atoms with van der Waals surface area (Å²) in [7, 11) is 0. The minimum atomic E-state index is -0.848. The summed E-state index contributed by atoms with van der Waals surface area (Å²) in [5.74, 6) is -0.848. The second kappa shape index (κ2) is 5.17. The normalized spacial score (nSPS) is 10.2. The largest absolute Gasteiger partial charge is 0.480 e. The van der Waals surface area contributed by atoms with Crippen LogP contribution in [0.15, 0.2) is 12.2 Å². The van der Waals surface area contributed by atoms with Crippen molar-refractivity contribution in [2.45, 2.75) is 26.3 Å². The molecule has 0 aliphatic carbocycles. The highest BCUT2D eigenvalue weighted by Gasteiger charge is 2.18. The maximum atomic E-state index is 10.2. The molecular formula is C8H16ClNO2. The van der Waals surface area contributed by atoms with Crippen molar-refractivity contribution in [3.63, 3.8) is 0 Å². The number of halogens is 1. The van der Waals surface area contributed by atoms with Gasteiger partial charge in [0.15, 0.2) is 0 Å². The van der Waals surface area contributed by atoms with Crippen molar-refractivity contribution < 1.29 is 9.90 Å². The van der Waals surface area contributed by atoms with Gasteiger partial charge in [0, 0.05) is 5.54 Å². The molecular weight excluding hydrogens is 178 g/mol. The zero-order valence-corrected chi connectivity index (χ0v) is 8.49. The number of nitrogens with one attached hydrogen (secondary N) is 1. The van der Waals surface area contributed by atoms with E-state index in [0.717, 1.165) is 5.57 Å². The molecule has 0 aliphatic rings. The Morgan fingerprint density at radius 3 is 2.25 bits per heavy atom. The molecule has 0 rings (SSSR count). The van der Waals surface area contributed by atoms with Crippen molar-refractivity contribution in [3.05, 3.63) is 12.2 Å². The van der Waals surface area contributed by atoms with E-state index in [4.69, 9.17) is 5.11 Å². The van der Waals surface area contributed by atoms with Crippen LogP contribution in [0.5, 0.6) is 0 Å². The van der Waals surface area contributed by atoms with E-state index < -0.39 is 5.97 Å². The van der Waals surface area contributed by atoms with Crippen LogP contribution in [0.1, 0.15) is 20.8 Å². The Morgan fingerprint density at radius 2 is 2.00 bits per heavy atom. The van der Waals surface area contributed by atoms with Gasteiger partial charge in [0.05, 0.1) is 6.54 Å². The first-order chi connectivity index (χ1) is 4.86. The molecule has 0 atom stereocenters. The van der Waals surface area contributed by atoms with Crippen molar-refractivity contribution in [1.82, 2.24) is 5.32 Å². The van der Waals surface area contributed by atoms with E-state index in [1.165, 1.54) is 0 Å². The lowest BCUT2D eigenvalue weighted by Gasteiger charge is -2.25. The second-order valence-electron chi connectivity index (χ2n) is 3.15. The minimum Gasteiger partial charge on any atom is -0.480 e. The number of carboxylic acid groups (broad SMARTS) is 1. The van der Waals surface area contributed by atoms with E-state index in [1.54, 1.807) is 0 Å². The van der Waals surface area contributed by atoms with Gasteiger partial charge in [0.1, 0.15) is 0 Å². The van der Waals surface area contributed by atoms with Gasteiger partial charge in [-0.1, -0.05) is 12.2 Å². The summed E-state index contributed by atoms with van der Waals surface area (Å²) in [4.78, 5) is 10.2. The SMILES string of the molecule is C=C(C)C(C)(C)NCC(=O)O.Cl. The first-order valence-electron chi connectivity index (χ1n) is 3.49. The minimum absolute atomic E-state index is 0. The summed E-state index contributed by atoms with van der Waals surface area (Å²) in [5.41, 5.74) is 0.636. The van der Waals surface area contributed by atoms with Crippen LogP contribution in [0.4, 0.5) is 0 Å². The molecule has 2 N–H and O–H groups in total. The lowest BCUT2D eigenvalue weighted by molar-refractivity contribution is -0.136. The molecule has 0 amide bonds. The van der Waals surface area contributed by atoms with Crippen molar-refractivity contribution in [1.29, 1.82) is 0 Å². The van der Waals surface area contributed by atoms with Gasteiger partial charge in [0.25, 0.3) is 0 Å². The molecule has 3 nitrogen and oxygen atoms in total. The Morgan fingerprint density at radius 1 is 1.58 bits per heavy atom. The number of carboxylic acids is 1. The van der Waals surface area contributed by atoms with Crippen molar-refractivity contribution in [2.75, 3.05) is 6.54 Å². The Hall–Kier alpha value is -0.540. The fraction of sp³-hybridized carbons (Fsp3) is 0.625. The summed E-state index contributed by atoms with van der Waals surface area (Å²) < 4.78 is 0. The quantitative estimate of drug-likeness (QED) is 0.665. The molecule has 0 aromatic rings. The zero-order valence-electron chi connectivity index (χ0n) is 7.68. The highest BCUT2D eigenvalue weighted by molar-refractivity contribution is 5.85.